The molecule has 0 saturated carbocycles. The molecule has 1 aromatic carbocycles. The standard InChI is InChI=1S/C14H14N4O/c1-18-13-3-2-9(4-10(13)5-14(18)19)12-6-11(7-15)16-8-17-12/h2-4,6,8H,5,7,15H2,1H3. The van der Waals surface area contributed by atoms with Gasteiger partial charge in [-0.2, -0.15) is 0 Å². The summed E-state index contributed by atoms with van der Waals surface area (Å²) >= 11 is 0. The average Bonchev–Trinajstić information content (AvgIpc) is 2.73. The second kappa shape index (κ2) is 4.44. The number of amides is 1. The smallest absolute Gasteiger partial charge is 0.231 e. The van der Waals surface area contributed by atoms with Crippen molar-refractivity contribution in [3.05, 3.63) is 41.9 Å². The molecule has 5 heteroatoms. The molecule has 1 aliphatic rings. The molecule has 0 unspecified atom stereocenters. The molecule has 2 heterocycles. The zero-order chi connectivity index (χ0) is 13.4. The van der Waals surface area contributed by atoms with E-state index in [1.165, 1.54) is 6.33 Å². The van der Waals surface area contributed by atoms with Crippen LogP contribution < -0.4 is 10.6 Å². The van der Waals surface area contributed by atoms with Crippen LogP contribution >= 0.6 is 0 Å². The highest BCUT2D eigenvalue weighted by Crippen LogP contribution is 2.31. The zero-order valence-electron chi connectivity index (χ0n) is 10.6. The van der Waals surface area contributed by atoms with Crippen LogP contribution in [0.5, 0.6) is 0 Å². The van der Waals surface area contributed by atoms with Crippen LogP contribution in [0.3, 0.4) is 0 Å². The van der Waals surface area contributed by atoms with E-state index in [2.05, 4.69) is 9.97 Å². The van der Waals surface area contributed by atoms with E-state index in [4.69, 9.17) is 5.73 Å². The Morgan fingerprint density at radius 3 is 2.95 bits per heavy atom. The van der Waals surface area contributed by atoms with Crippen LogP contribution in [0, 0.1) is 0 Å². The molecule has 0 radical (unpaired) electrons. The quantitative estimate of drug-likeness (QED) is 0.871. The summed E-state index contributed by atoms with van der Waals surface area (Å²) in [4.78, 5) is 21.7. The fourth-order valence-corrected chi connectivity index (χ4v) is 2.30. The van der Waals surface area contributed by atoms with Gasteiger partial charge in [0.2, 0.25) is 5.91 Å². The second-order valence-corrected chi connectivity index (χ2v) is 4.57. The lowest BCUT2D eigenvalue weighted by Crippen LogP contribution is -2.20. The SMILES string of the molecule is CN1C(=O)Cc2cc(-c3cc(CN)ncn3)ccc21. The highest BCUT2D eigenvalue weighted by molar-refractivity contribution is 6.01. The molecule has 0 spiro atoms. The Bertz CT molecular complexity index is 654. The summed E-state index contributed by atoms with van der Waals surface area (Å²) in [6.07, 6.45) is 1.97. The van der Waals surface area contributed by atoms with Crippen LogP contribution in [-0.4, -0.2) is 22.9 Å². The van der Waals surface area contributed by atoms with Crippen molar-refractivity contribution >= 4 is 11.6 Å². The van der Waals surface area contributed by atoms with Gasteiger partial charge in [-0.05, 0) is 23.8 Å². The highest BCUT2D eigenvalue weighted by atomic mass is 16.2. The number of rotatable bonds is 2. The molecule has 2 N–H and O–H groups in total. The van der Waals surface area contributed by atoms with Crippen molar-refractivity contribution in [3.8, 4) is 11.3 Å². The average molecular weight is 254 g/mol. The Morgan fingerprint density at radius 1 is 1.32 bits per heavy atom. The normalized spacial score (nSPS) is 13.8. The third-order valence-electron chi connectivity index (χ3n) is 3.39. The van der Waals surface area contributed by atoms with E-state index in [1.807, 2.05) is 24.3 Å². The predicted molar refractivity (Wildman–Crippen MR) is 72.5 cm³/mol. The fraction of sp³-hybridized carbons (Fsp3) is 0.214. The number of anilines is 1. The van der Waals surface area contributed by atoms with Gasteiger partial charge in [0.05, 0.1) is 17.8 Å². The monoisotopic (exact) mass is 254 g/mol. The van der Waals surface area contributed by atoms with Gasteiger partial charge < -0.3 is 10.6 Å². The Morgan fingerprint density at radius 2 is 2.16 bits per heavy atom. The van der Waals surface area contributed by atoms with Gasteiger partial charge in [0.1, 0.15) is 6.33 Å². The molecule has 3 rings (SSSR count). The highest BCUT2D eigenvalue weighted by Gasteiger charge is 2.24. The fourth-order valence-electron chi connectivity index (χ4n) is 2.30. The lowest BCUT2D eigenvalue weighted by atomic mass is 10.1. The molecule has 2 aromatic rings. The first-order chi connectivity index (χ1) is 9.19. The van der Waals surface area contributed by atoms with Crippen LogP contribution in [-0.2, 0) is 17.8 Å². The first-order valence-corrected chi connectivity index (χ1v) is 6.10. The van der Waals surface area contributed by atoms with Crippen molar-refractivity contribution in [2.45, 2.75) is 13.0 Å². The zero-order valence-corrected chi connectivity index (χ0v) is 10.6. The minimum atomic E-state index is 0.123. The molecule has 19 heavy (non-hydrogen) atoms. The molecule has 0 aliphatic carbocycles. The summed E-state index contributed by atoms with van der Waals surface area (Å²) in [5, 5.41) is 0. The largest absolute Gasteiger partial charge is 0.325 e. The van der Waals surface area contributed by atoms with E-state index >= 15 is 0 Å². The van der Waals surface area contributed by atoms with E-state index in [0.717, 1.165) is 28.2 Å². The maximum Gasteiger partial charge on any atom is 0.231 e. The number of fused-ring (bicyclic) bond motifs is 1. The summed E-state index contributed by atoms with van der Waals surface area (Å²) < 4.78 is 0. The Kier molecular flexibility index (Phi) is 2.76. The molecule has 0 bridgehead atoms. The summed E-state index contributed by atoms with van der Waals surface area (Å²) in [5.41, 5.74) is 10.2. The number of benzene rings is 1. The van der Waals surface area contributed by atoms with Crippen molar-refractivity contribution in [2.24, 2.45) is 5.73 Å². The summed E-state index contributed by atoms with van der Waals surface area (Å²) in [5.74, 6) is 0.123. The predicted octanol–water partition coefficient (Wildman–Crippen LogP) is 1.12. The van der Waals surface area contributed by atoms with Gasteiger partial charge in [-0.1, -0.05) is 6.07 Å². The molecule has 96 valence electrons. The first-order valence-electron chi connectivity index (χ1n) is 6.10. The molecule has 1 aliphatic heterocycles. The summed E-state index contributed by atoms with van der Waals surface area (Å²) in [7, 11) is 1.80. The summed E-state index contributed by atoms with van der Waals surface area (Å²) in [6.45, 7) is 0.391. The van der Waals surface area contributed by atoms with Crippen LogP contribution in [0.25, 0.3) is 11.3 Å². The van der Waals surface area contributed by atoms with Crippen LogP contribution in [0.4, 0.5) is 5.69 Å². The minimum Gasteiger partial charge on any atom is -0.325 e. The number of nitrogens with zero attached hydrogens (tertiary/aromatic N) is 3. The first kappa shape index (κ1) is 11.8. The second-order valence-electron chi connectivity index (χ2n) is 4.57. The van der Waals surface area contributed by atoms with Crippen molar-refractivity contribution in [1.29, 1.82) is 0 Å². The molecular weight excluding hydrogens is 240 g/mol. The number of carbonyl (C=O) groups is 1. The number of hydrogen-bond donors (Lipinski definition) is 1. The minimum absolute atomic E-state index is 0.123. The van der Waals surface area contributed by atoms with Crippen LogP contribution in [0.15, 0.2) is 30.6 Å². The van der Waals surface area contributed by atoms with Crippen molar-refractivity contribution in [1.82, 2.24) is 9.97 Å². The molecule has 0 saturated heterocycles. The van der Waals surface area contributed by atoms with Gasteiger partial charge in [0.15, 0.2) is 0 Å². The van der Waals surface area contributed by atoms with Gasteiger partial charge in [-0.15, -0.1) is 0 Å². The van der Waals surface area contributed by atoms with E-state index in [9.17, 15) is 4.79 Å². The van der Waals surface area contributed by atoms with Crippen LogP contribution in [0.1, 0.15) is 11.3 Å². The molecule has 0 atom stereocenters. The molecule has 0 fully saturated rings. The molecular formula is C14H14N4O. The van der Waals surface area contributed by atoms with Crippen molar-refractivity contribution in [3.63, 3.8) is 0 Å². The number of hydrogen-bond acceptors (Lipinski definition) is 4. The lowest BCUT2D eigenvalue weighted by Gasteiger charge is -2.10. The van der Waals surface area contributed by atoms with Crippen molar-refractivity contribution < 1.29 is 4.79 Å². The van der Waals surface area contributed by atoms with Gasteiger partial charge in [0, 0.05) is 24.8 Å². The Balaban J connectivity index is 2.03. The van der Waals surface area contributed by atoms with E-state index in [-0.39, 0.29) is 5.91 Å². The van der Waals surface area contributed by atoms with E-state index in [0.29, 0.717) is 13.0 Å². The third kappa shape index (κ3) is 1.98. The maximum atomic E-state index is 11.7. The molecule has 1 amide bonds. The van der Waals surface area contributed by atoms with Gasteiger partial charge in [-0.3, -0.25) is 4.79 Å². The molecule has 5 nitrogen and oxygen atoms in total. The number of likely N-dealkylation sites (N-methyl/N-ethyl adjacent to an activating group) is 1. The topological polar surface area (TPSA) is 72.1 Å². The van der Waals surface area contributed by atoms with Gasteiger partial charge in [0.25, 0.3) is 0 Å². The maximum absolute atomic E-state index is 11.7. The number of nitrogens with two attached hydrogens (primary N) is 1. The van der Waals surface area contributed by atoms with Crippen molar-refractivity contribution in [2.75, 3.05) is 11.9 Å². The number of aromatic nitrogens is 2. The van der Waals surface area contributed by atoms with E-state index < -0.39 is 0 Å². The lowest BCUT2D eigenvalue weighted by molar-refractivity contribution is -0.117. The van der Waals surface area contributed by atoms with Crippen LogP contribution in [0.2, 0.25) is 0 Å². The van der Waals surface area contributed by atoms with Gasteiger partial charge >= 0.3 is 0 Å². The number of carbonyl (C=O) groups excluding carboxylic acids is 1. The Hall–Kier alpha value is -2.27. The Labute approximate surface area is 111 Å². The molecule has 1 aromatic heterocycles. The third-order valence-corrected chi connectivity index (χ3v) is 3.39. The van der Waals surface area contributed by atoms with Gasteiger partial charge in [-0.25, -0.2) is 9.97 Å². The summed E-state index contributed by atoms with van der Waals surface area (Å²) in [6, 6.07) is 7.82. The van der Waals surface area contributed by atoms with E-state index in [1.54, 1.807) is 11.9 Å².